The predicted octanol–water partition coefficient (Wildman–Crippen LogP) is 2.35. The van der Waals surface area contributed by atoms with Crippen LogP contribution in [0.3, 0.4) is 0 Å². The maximum Gasteiger partial charge on any atom is 0.331 e. The lowest BCUT2D eigenvalue weighted by Gasteiger charge is -2.20. The molecule has 1 aliphatic carbocycles. The summed E-state index contributed by atoms with van der Waals surface area (Å²) >= 11 is 0. The summed E-state index contributed by atoms with van der Waals surface area (Å²) in [6, 6.07) is 8.03. The molecule has 2 rings (SSSR count). The zero-order chi connectivity index (χ0) is 13.7. The summed E-state index contributed by atoms with van der Waals surface area (Å²) in [5.74, 6) is 0.0467. The van der Waals surface area contributed by atoms with Crippen molar-refractivity contribution in [1.29, 1.82) is 0 Å². The number of carbonyl (C=O) groups is 1. The van der Waals surface area contributed by atoms with Crippen LogP contribution >= 0.6 is 0 Å². The van der Waals surface area contributed by atoms with Crippen LogP contribution in [0, 0.1) is 0 Å². The summed E-state index contributed by atoms with van der Waals surface area (Å²) in [5.41, 5.74) is 1.69. The quantitative estimate of drug-likeness (QED) is 0.854. The summed E-state index contributed by atoms with van der Waals surface area (Å²) in [6.45, 7) is 0.734. The molecule has 0 bridgehead atoms. The van der Waals surface area contributed by atoms with E-state index in [0.717, 1.165) is 30.7 Å². The Balaban J connectivity index is 1.91. The topological polar surface area (TPSA) is 58.6 Å². The Kier molecular flexibility index (Phi) is 4.58. The minimum Gasteiger partial charge on any atom is -0.497 e. The number of nitrogens with one attached hydrogen (secondary N) is 1. The number of carboxylic acids is 1. The highest BCUT2D eigenvalue weighted by Crippen LogP contribution is 2.19. The standard InChI is InChI=1S/C15H19NO3/c1-19-14-7-5-11(6-8-14)10-16-13-4-2-3-12(9-13)15(17)18/h5-9,13,16H,2-4,10H2,1H3,(H,17,18). The summed E-state index contributed by atoms with van der Waals surface area (Å²) in [6.07, 6.45) is 4.44. The third-order valence-corrected chi connectivity index (χ3v) is 3.37. The largest absolute Gasteiger partial charge is 0.497 e. The van der Waals surface area contributed by atoms with Crippen molar-refractivity contribution < 1.29 is 14.6 Å². The van der Waals surface area contributed by atoms with E-state index >= 15 is 0 Å². The molecule has 0 aromatic heterocycles. The van der Waals surface area contributed by atoms with Crippen molar-refractivity contribution in [2.24, 2.45) is 0 Å². The second-order valence-electron chi connectivity index (χ2n) is 4.72. The highest BCUT2D eigenvalue weighted by atomic mass is 16.5. The molecule has 0 saturated heterocycles. The minimum absolute atomic E-state index is 0.155. The van der Waals surface area contributed by atoms with Crippen molar-refractivity contribution in [3.8, 4) is 5.75 Å². The molecule has 4 nitrogen and oxygen atoms in total. The monoisotopic (exact) mass is 261 g/mol. The zero-order valence-corrected chi connectivity index (χ0v) is 11.1. The third kappa shape index (κ3) is 3.83. The molecule has 1 atom stereocenters. The lowest BCUT2D eigenvalue weighted by Crippen LogP contribution is -2.29. The fraction of sp³-hybridized carbons (Fsp3) is 0.400. The molecular weight excluding hydrogens is 242 g/mol. The SMILES string of the molecule is COc1ccc(CNC2C=C(C(=O)O)CCC2)cc1. The van der Waals surface area contributed by atoms with E-state index in [9.17, 15) is 4.79 Å². The van der Waals surface area contributed by atoms with Crippen molar-refractivity contribution in [3.05, 3.63) is 41.5 Å². The summed E-state index contributed by atoms with van der Waals surface area (Å²) in [5, 5.41) is 12.4. The van der Waals surface area contributed by atoms with Gasteiger partial charge in [-0.3, -0.25) is 0 Å². The van der Waals surface area contributed by atoms with Crippen LogP contribution in [0.25, 0.3) is 0 Å². The van der Waals surface area contributed by atoms with Crippen LogP contribution in [0.5, 0.6) is 5.75 Å². The molecule has 0 heterocycles. The first kappa shape index (κ1) is 13.6. The van der Waals surface area contributed by atoms with E-state index < -0.39 is 5.97 Å². The molecule has 1 aliphatic rings. The number of benzene rings is 1. The highest BCUT2D eigenvalue weighted by molar-refractivity contribution is 5.86. The van der Waals surface area contributed by atoms with Gasteiger partial charge in [0.1, 0.15) is 5.75 Å². The molecule has 2 N–H and O–H groups in total. The van der Waals surface area contributed by atoms with Crippen LogP contribution in [0.1, 0.15) is 24.8 Å². The maximum absolute atomic E-state index is 10.9. The number of ether oxygens (including phenoxy) is 1. The number of hydrogen-bond acceptors (Lipinski definition) is 3. The maximum atomic E-state index is 10.9. The predicted molar refractivity (Wildman–Crippen MR) is 73.2 cm³/mol. The van der Waals surface area contributed by atoms with Gasteiger partial charge in [0.25, 0.3) is 0 Å². The fourth-order valence-corrected chi connectivity index (χ4v) is 2.25. The summed E-state index contributed by atoms with van der Waals surface area (Å²) in [4.78, 5) is 10.9. The Morgan fingerprint density at radius 3 is 2.79 bits per heavy atom. The van der Waals surface area contributed by atoms with Crippen LogP contribution in [0.2, 0.25) is 0 Å². The number of aliphatic carboxylic acids is 1. The molecule has 1 aromatic carbocycles. The van der Waals surface area contributed by atoms with E-state index in [1.54, 1.807) is 7.11 Å². The van der Waals surface area contributed by atoms with E-state index in [2.05, 4.69) is 5.32 Å². The first-order chi connectivity index (χ1) is 9.19. The van der Waals surface area contributed by atoms with E-state index in [1.807, 2.05) is 30.3 Å². The first-order valence-electron chi connectivity index (χ1n) is 6.49. The lowest BCUT2D eigenvalue weighted by molar-refractivity contribution is -0.132. The van der Waals surface area contributed by atoms with Crippen molar-refractivity contribution in [1.82, 2.24) is 5.32 Å². The molecule has 102 valence electrons. The Morgan fingerprint density at radius 1 is 1.42 bits per heavy atom. The molecule has 0 aliphatic heterocycles. The van der Waals surface area contributed by atoms with Crippen molar-refractivity contribution >= 4 is 5.97 Å². The van der Waals surface area contributed by atoms with Crippen molar-refractivity contribution in [2.45, 2.75) is 31.8 Å². The molecule has 0 fully saturated rings. The van der Waals surface area contributed by atoms with Gasteiger partial charge in [-0.15, -0.1) is 0 Å². The summed E-state index contributed by atoms with van der Waals surface area (Å²) in [7, 11) is 1.65. The molecule has 1 unspecified atom stereocenters. The highest BCUT2D eigenvalue weighted by Gasteiger charge is 2.17. The first-order valence-corrected chi connectivity index (χ1v) is 6.49. The third-order valence-electron chi connectivity index (χ3n) is 3.37. The number of carboxylic acid groups (broad SMARTS) is 1. The van der Waals surface area contributed by atoms with Gasteiger partial charge in [0.15, 0.2) is 0 Å². The molecule has 0 saturated carbocycles. The van der Waals surface area contributed by atoms with Crippen LogP contribution in [-0.2, 0) is 11.3 Å². The second-order valence-corrected chi connectivity index (χ2v) is 4.72. The van der Waals surface area contributed by atoms with Crippen LogP contribution in [0.15, 0.2) is 35.9 Å². The molecule has 0 spiro atoms. The van der Waals surface area contributed by atoms with Gasteiger partial charge in [-0.1, -0.05) is 18.2 Å². The molecular formula is C15H19NO3. The van der Waals surface area contributed by atoms with Gasteiger partial charge in [0, 0.05) is 18.2 Å². The Labute approximate surface area is 113 Å². The smallest absolute Gasteiger partial charge is 0.331 e. The Bertz CT molecular complexity index is 465. The fourth-order valence-electron chi connectivity index (χ4n) is 2.25. The van der Waals surface area contributed by atoms with Gasteiger partial charge < -0.3 is 15.2 Å². The molecule has 0 amide bonds. The minimum atomic E-state index is -0.795. The molecule has 19 heavy (non-hydrogen) atoms. The van der Waals surface area contributed by atoms with E-state index in [4.69, 9.17) is 9.84 Å². The van der Waals surface area contributed by atoms with E-state index in [-0.39, 0.29) is 6.04 Å². The zero-order valence-electron chi connectivity index (χ0n) is 11.1. The van der Waals surface area contributed by atoms with Gasteiger partial charge in [-0.2, -0.15) is 0 Å². The van der Waals surface area contributed by atoms with Crippen LogP contribution < -0.4 is 10.1 Å². The average molecular weight is 261 g/mol. The Hall–Kier alpha value is -1.81. The lowest BCUT2D eigenvalue weighted by atomic mass is 9.95. The van der Waals surface area contributed by atoms with Gasteiger partial charge in [-0.05, 0) is 37.0 Å². The van der Waals surface area contributed by atoms with Gasteiger partial charge in [0.2, 0.25) is 0 Å². The number of rotatable bonds is 5. The normalized spacial score (nSPS) is 18.8. The second kappa shape index (κ2) is 6.38. The average Bonchev–Trinajstić information content (AvgIpc) is 2.46. The van der Waals surface area contributed by atoms with Gasteiger partial charge in [0.05, 0.1) is 7.11 Å². The van der Waals surface area contributed by atoms with Crippen molar-refractivity contribution in [2.75, 3.05) is 7.11 Å². The summed E-state index contributed by atoms with van der Waals surface area (Å²) < 4.78 is 5.11. The van der Waals surface area contributed by atoms with Gasteiger partial charge in [-0.25, -0.2) is 4.79 Å². The van der Waals surface area contributed by atoms with E-state index in [1.165, 1.54) is 0 Å². The number of methoxy groups -OCH3 is 1. The van der Waals surface area contributed by atoms with Crippen LogP contribution in [-0.4, -0.2) is 24.2 Å². The molecule has 0 radical (unpaired) electrons. The van der Waals surface area contributed by atoms with E-state index in [0.29, 0.717) is 12.0 Å². The molecule has 4 heteroatoms. The van der Waals surface area contributed by atoms with Crippen molar-refractivity contribution in [3.63, 3.8) is 0 Å². The van der Waals surface area contributed by atoms with Gasteiger partial charge >= 0.3 is 5.97 Å². The van der Waals surface area contributed by atoms with Crippen LogP contribution in [0.4, 0.5) is 0 Å². The number of hydrogen-bond donors (Lipinski definition) is 2. The Morgan fingerprint density at radius 2 is 2.16 bits per heavy atom. The molecule has 1 aromatic rings.